The Hall–Kier alpha value is -3.39. The van der Waals surface area contributed by atoms with E-state index in [-0.39, 0.29) is 44.5 Å². The minimum atomic E-state index is -1.62. The third kappa shape index (κ3) is 3.73. The van der Waals surface area contributed by atoms with Crippen molar-refractivity contribution >= 4 is 17.9 Å². The van der Waals surface area contributed by atoms with E-state index in [1.807, 2.05) is 60.7 Å². The van der Waals surface area contributed by atoms with Gasteiger partial charge in [-0.05, 0) is 11.1 Å². The van der Waals surface area contributed by atoms with Crippen molar-refractivity contribution in [2.75, 3.05) is 19.6 Å². The van der Waals surface area contributed by atoms with Crippen LogP contribution in [0.2, 0.25) is 0 Å². The predicted molar refractivity (Wildman–Crippen MR) is 107 cm³/mol. The van der Waals surface area contributed by atoms with Gasteiger partial charge in [0.1, 0.15) is 18.2 Å². The number of likely N-dealkylation sites (tertiary alicyclic amines) is 1. The monoisotopic (exact) mass is 409 g/mol. The van der Waals surface area contributed by atoms with Gasteiger partial charge in [-0.25, -0.2) is 4.79 Å². The Morgan fingerprint density at radius 3 is 2.00 bits per heavy atom. The summed E-state index contributed by atoms with van der Waals surface area (Å²) in [6, 6.07) is 17.4. The van der Waals surface area contributed by atoms with Gasteiger partial charge in [-0.1, -0.05) is 60.7 Å². The third-order valence-corrected chi connectivity index (χ3v) is 5.62. The summed E-state index contributed by atoms with van der Waals surface area (Å²) in [5.74, 6) is -0.650. The molecule has 2 saturated heterocycles. The highest BCUT2D eigenvalue weighted by atomic mass is 16.4. The number of nitrogens with zero attached hydrogens (tertiary/aromatic N) is 3. The minimum Gasteiger partial charge on any atom is -0.465 e. The van der Waals surface area contributed by atoms with E-state index < -0.39 is 17.7 Å². The SMILES string of the molecule is O=C(O)N1CC(O)(C2C(=O)N(Cc3ccccc3)CC(=O)N2Cc2ccccc2)C1. The Labute approximate surface area is 173 Å². The average molecular weight is 409 g/mol. The van der Waals surface area contributed by atoms with E-state index in [4.69, 9.17) is 5.11 Å². The lowest BCUT2D eigenvalue weighted by Crippen LogP contribution is -2.77. The molecule has 3 amide bonds. The predicted octanol–water partition coefficient (Wildman–Crippen LogP) is 1.15. The lowest BCUT2D eigenvalue weighted by Gasteiger charge is -2.54. The zero-order chi connectivity index (χ0) is 21.3. The Kier molecular flexibility index (Phi) is 5.17. The van der Waals surface area contributed by atoms with Gasteiger partial charge < -0.3 is 24.9 Å². The molecule has 8 nitrogen and oxygen atoms in total. The molecule has 0 bridgehead atoms. The number of carbonyl (C=O) groups is 3. The molecule has 0 radical (unpaired) electrons. The first-order valence-corrected chi connectivity index (χ1v) is 9.74. The van der Waals surface area contributed by atoms with E-state index in [9.17, 15) is 19.5 Å². The average Bonchev–Trinajstić information content (AvgIpc) is 2.71. The van der Waals surface area contributed by atoms with Gasteiger partial charge in [0.2, 0.25) is 11.8 Å². The zero-order valence-electron chi connectivity index (χ0n) is 16.3. The van der Waals surface area contributed by atoms with Crippen LogP contribution in [0, 0.1) is 0 Å². The standard InChI is InChI=1S/C22H23N3O5/c26-18-13-23(11-16-7-3-1-4-8-16)20(27)19(22(30)14-24(15-22)21(28)29)25(18)12-17-9-5-2-6-10-17/h1-10,19,30H,11-15H2,(H,28,29). The lowest BCUT2D eigenvalue weighted by atomic mass is 9.82. The van der Waals surface area contributed by atoms with E-state index in [1.165, 1.54) is 9.80 Å². The Morgan fingerprint density at radius 1 is 0.933 bits per heavy atom. The molecule has 2 aliphatic heterocycles. The fourth-order valence-corrected chi connectivity index (χ4v) is 4.12. The van der Waals surface area contributed by atoms with Gasteiger partial charge in [-0.2, -0.15) is 0 Å². The maximum atomic E-state index is 13.4. The van der Waals surface area contributed by atoms with Gasteiger partial charge in [0.15, 0.2) is 0 Å². The minimum absolute atomic E-state index is 0.0875. The molecule has 2 fully saturated rings. The zero-order valence-corrected chi connectivity index (χ0v) is 16.3. The summed E-state index contributed by atoms with van der Waals surface area (Å²) in [4.78, 5) is 41.5. The Morgan fingerprint density at radius 2 is 1.47 bits per heavy atom. The summed E-state index contributed by atoms with van der Waals surface area (Å²) in [7, 11) is 0. The quantitative estimate of drug-likeness (QED) is 0.772. The van der Waals surface area contributed by atoms with E-state index in [0.717, 1.165) is 16.0 Å². The van der Waals surface area contributed by atoms with E-state index in [0.29, 0.717) is 0 Å². The first-order chi connectivity index (χ1) is 14.4. The van der Waals surface area contributed by atoms with Crippen LogP contribution in [0.1, 0.15) is 11.1 Å². The summed E-state index contributed by atoms with van der Waals surface area (Å²) < 4.78 is 0. The van der Waals surface area contributed by atoms with Crippen LogP contribution in [0.4, 0.5) is 4.79 Å². The topological polar surface area (TPSA) is 101 Å². The van der Waals surface area contributed by atoms with E-state index >= 15 is 0 Å². The number of hydrogen-bond donors (Lipinski definition) is 2. The van der Waals surface area contributed by atoms with Gasteiger partial charge in [0.25, 0.3) is 0 Å². The van der Waals surface area contributed by atoms with E-state index in [1.54, 1.807) is 0 Å². The van der Waals surface area contributed by atoms with Crippen LogP contribution in [0.3, 0.4) is 0 Å². The molecule has 2 aromatic carbocycles. The molecule has 0 aromatic heterocycles. The van der Waals surface area contributed by atoms with Gasteiger partial charge in [-0.15, -0.1) is 0 Å². The van der Waals surface area contributed by atoms with Crippen LogP contribution in [0.5, 0.6) is 0 Å². The highest BCUT2D eigenvalue weighted by Gasteiger charge is 2.58. The molecule has 4 rings (SSSR count). The van der Waals surface area contributed by atoms with Crippen molar-refractivity contribution in [3.05, 3.63) is 71.8 Å². The highest BCUT2D eigenvalue weighted by molar-refractivity contribution is 5.96. The summed E-state index contributed by atoms with van der Waals surface area (Å²) in [6.45, 7) is -0.0901. The van der Waals surface area contributed by atoms with Gasteiger partial charge in [0.05, 0.1) is 13.1 Å². The van der Waals surface area contributed by atoms with Crippen molar-refractivity contribution in [1.29, 1.82) is 0 Å². The summed E-state index contributed by atoms with van der Waals surface area (Å²) in [5.41, 5.74) is 0.0924. The van der Waals surface area contributed by atoms with Crippen molar-refractivity contribution in [2.24, 2.45) is 0 Å². The summed E-state index contributed by atoms with van der Waals surface area (Å²) >= 11 is 0. The molecule has 2 aliphatic rings. The summed E-state index contributed by atoms with van der Waals surface area (Å²) in [5, 5.41) is 20.3. The molecule has 0 saturated carbocycles. The Balaban J connectivity index is 1.62. The van der Waals surface area contributed by atoms with Crippen LogP contribution in [-0.2, 0) is 22.7 Å². The second-order valence-electron chi connectivity index (χ2n) is 7.83. The Bertz CT molecular complexity index is 944. The highest BCUT2D eigenvalue weighted by Crippen LogP contribution is 2.33. The lowest BCUT2D eigenvalue weighted by molar-refractivity contribution is -0.184. The van der Waals surface area contributed by atoms with Crippen LogP contribution >= 0.6 is 0 Å². The van der Waals surface area contributed by atoms with Gasteiger partial charge in [-0.3, -0.25) is 9.59 Å². The molecule has 1 atom stereocenters. The fourth-order valence-electron chi connectivity index (χ4n) is 4.12. The van der Waals surface area contributed by atoms with Crippen molar-refractivity contribution in [2.45, 2.75) is 24.7 Å². The second-order valence-corrected chi connectivity index (χ2v) is 7.83. The largest absolute Gasteiger partial charge is 0.465 e. The number of piperazine rings is 1. The normalized spacial score (nSPS) is 20.8. The number of benzene rings is 2. The molecule has 156 valence electrons. The van der Waals surface area contributed by atoms with Crippen molar-refractivity contribution in [1.82, 2.24) is 14.7 Å². The summed E-state index contributed by atoms with van der Waals surface area (Å²) in [6.07, 6.45) is -1.16. The van der Waals surface area contributed by atoms with E-state index in [2.05, 4.69) is 0 Å². The molecular formula is C22H23N3O5. The number of carbonyl (C=O) groups excluding carboxylic acids is 2. The molecule has 8 heteroatoms. The molecule has 2 heterocycles. The first kappa shape index (κ1) is 19.9. The van der Waals surface area contributed by atoms with Crippen molar-refractivity contribution in [3.8, 4) is 0 Å². The molecule has 0 spiro atoms. The molecule has 2 N–H and O–H groups in total. The number of carboxylic acid groups (broad SMARTS) is 1. The van der Waals surface area contributed by atoms with Crippen LogP contribution in [0.25, 0.3) is 0 Å². The first-order valence-electron chi connectivity index (χ1n) is 9.74. The molecule has 30 heavy (non-hydrogen) atoms. The number of amides is 3. The number of aliphatic hydroxyl groups is 1. The molecule has 1 unspecified atom stereocenters. The van der Waals surface area contributed by atoms with Crippen LogP contribution in [0.15, 0.2) is 60.7 Å². The van der Waals surface area contributed by atoms with Gasteiger partial charge >= 0.3 is 6.09 Å². The van der Waals surface area contributed by atoms with Crippen LogP contribution < -0.4 is 0 Å². The molecule has 0 aliphatic carbocycles. The molecular weight excluding hydrogens is 386 g/mol. The fraction of sp³-hybridized carbons (Fsp3) is 0.318. The maximum Gasteiger partial charge on any atom is 0.407 e. The maximum absolute atomic E-state index is 13.4. The number of hydrogen-bond acceptors (Lipinski definition) is 4. The third-order valence-electron chi connectivity index (χ3n) is 5.62. The number of rotatable bonds is 5. The number of β-amino-alcohol motifs (C(OH)–C–C–N with tert-alkyl or cyclic N) is 1. The van der Waals surface area contributed by atoms with Gasteiger partial charge in [0, 0.05) is 13.1 Å². The van der Waals surface area contributed by atoms with Crippen molar-refractivity contribution in [3.63, 3.8) is 0 Å². The van der Waals surface area contributed by atoms with Crippen molar-refractivity contribution < 1.29 is 24.6 Å². The second kappa shape index (κ2) is 7.79. The molecule has 2 aromatic rings. The smallest absolute Gasteiger partial charge is 0.407 e. The van der Waals surface area contributed by atoms with Crippen LogP contribution in [-0.4, -0.2) is 74.1 Å².